The smallest absolute Gasteiger partial charge is 0.304 e. The number of hydrogen-bond donors (Lipinski definition) is 1. The summed E-state index contributed by atoms with van der Waals surface area (Å²) in [6.07, 6.45) is 1.10. The predicted octanol–water partition coefficient (Wildman–Crippen LogP) is 1.80. The largest absolute Gasteiger partial charge is 0.481 e. The summed E-state index contributed by atoms with van der Waals surface area (Å²) in [5, 5.41) is 8.50. The van der Waals surface area contributed by atoms with Crippen LogP contribution in [0.4, 0.5) is 4.39 Å². The molecule has 1 unspecified atom stereocenters. The first-order valence-electron chi connectivity index (χ1n) is 3.93. The molecular weight excluding hydrogens is 173 g/mol. The Morgan fingerprint density at radius 3 is 2.85 bits per heavy atom. The van der Waals surface area contributed by atoms with Crippen LogP contribution in [0.15, 0.2) is 18.3 Å². The van der Waals surface area contributed by atoms with Crippen molar-refractivity contribution in [3.8, 4) is 0 Å². The number of aliphatic carboxylic acids is 1. The summed E-state index contributed by atoms with van der Waals surface area (Å²) < 4.78 is 12.4. The van der Waals surface area contributed by atoms with Crippen LogP contribution in [0, 0.1) is 5.82 Å². The van der Waals surface area contributed by atoms with Gasteiger partial charge in [-0.15, -0.1) is 0 Å². The van der Waals surface area contributed by atoms with E-state index in [1.54, 1.807) is 6.92 Å². The molecule has 0 radical (unpaired) electrons. The molecule has 0 saturated carbocycles. The van der Waals surface area contributed by atoms with Gasteiger partial charge in [-0.1, -0.05) is 6.92 Å². The van der Waals surface area contributed by atoms with Crippen molar-refractivity contribution in [2.75, 3.05) is 0 Å². The van der Waals surface area contributed by atoms with E-state index in [1.165, 1.54) is 12.1 Å². The molecule has 1 N–H and O–H groups in total. The lowest BCUT2D eigenvalue weighted by molar-refractivity contribution is -0.137. The third-order valence-electron chi connectivity index (χ3n) is 1.74. The molecule has 1 rings (SSSR count). The first kappa shape index (κ1) is 9.64. The van der Waals surface area contributed by atoms with Crippen LogP contribution in [0.1, 0.15) is 25.0 Å². The van der Waals surface area contributed by atoms with E-state index >= 15 is 0 Å². The highest BCUT2D eigenvalue weighted by atomic mass is 19.1. The summed E-state index contributed by atoms with van der Waals surface area (Å²) >= 11 is 0. The molecule has 3 nitrogen and oxygen atoms in total. The van der Waals surface area contributed by atoms with Crippen molar-refractivity contribution in [2.45, 2.75) is 19.3 Å². The van der Waals surface area contributed by atoms with E-state index in [-0.39, 0.29) is 12.3 Å². The SMILES string of the molecule is CC(CC(=O)O)c1ccc(F)cn1. The number of aromatic nitrogens is 1. The van der Waals surface area contributed by atoms with Crippen LogP contribution < -0.4 is 0 Å². The lowest BCUT2D eigenvalue weighted by Crippen LogP contribution is -2.04. The summed E-state index contributed by atoms with van der Waals surface area (Å²) in [6, 6.07) is 2.78. The molecule has 70 valence electrons. The van der Waals surface area contributed by atoms with Crippen LogP contribution in [-0.4, -0.2) is 16.1 Å². The lowest BCUT2D eigenvalue weighted by atomic mass is 10.0. The van der Waals surface area contributed by atoms with Gasteiger partial charge in [-0.25, -0.2) is 4.39 Å². The highest BCUT2D eigenvalue weighted by molar-refractivity contribution is 5.67. The molecule has 0 saturated heterocycles. The zero-order valence-corrected chi connectivity index (χ0v) is 7.20. The second kappa shape index (κ2) is 3.98. The zero-order valence-electron chi connectivity index (χ0n) is 7.20. The molecule has 0 aliphatic heterocycles. The van der Waals surface area contributed by atoms with Gasteiger partial charge in [-0.2, -0.15) is 0 Å². The van der Waals surface area contributed by atoms with Gasteiger partial charge in [0, 0.05) is 11.6 Å². The highest BCUT2D eigenvalue weighted by Gasteiger charge is 2.10. The summed E-state index contributed by atoms with van der Waals surface area (Å²) in [5.41, 5.74) is 0.601. The Bertz CT molecular complexity index is 297. The number of nitrogens with zero attached hydrogens (tertiary/aromatic N) is 1. The third kappa shape index (κ3) is 2.82. The van der Waals surface area contributed by atoms with E-state index in [4.69, 9.17) is 5.11 Å². The molecular formula is C9H10FNO2. The molecule has 0 aromatic carbocycles. The number of pyridine rings is 1. The molecule has 0 bridgehead atoms. The van der Waals surface area contributed by atoms with Gasteiger partial charge < -0.3 is 5.11 Å². The maximum Gasteiger partial charge on any atom is 0.304 e. The minimum absolute atomic E-state index is 0.0125. The topological polar surface area (TPSA) is 50.2 Å². The Labute approximate surface area is 75.2 Å². The van der Waals surface area contributed by atoms with E-state index in [0.29, 0.717) is 5.69 Å². The molecule has 1 atom stereocenters. The van der Waals surface area contributed by atoms with Gasteiger partial charge in [0.2, 0.25) is 0 Å². The Balaban J connectivity index is 2.71. The minimum Gasteiger partial charge on any atom is -0.481 e. The summed E-state index contributed by atoms with van der Waals surface area (Å²) in [4.78, 5) is 14.1. The number of hydrogen-bond acceptors (Lipinski definition) is 2. The van der Waals surface area contributed by atoms with Gasteiger partial charge in [0.05, 0.1) is 12.6 Å². The van der Waals surface area contributed by atoms with Gasteiger partial charge in [0.15, 0.2) is 0 Å². The quantitative estimate of drug-likeness (QED) is 0.777. The Hall–Kier alpha value is -1.45. The van der Waals surface area contributed by atoms with Crippen molar-refractivity contribution >= 4 is 5.97 Å². The average Bonchev–Trinajstić information content (AvgIpc) is 2.04. The van der Waals surface area contributed by atoms with Gasteiger partial charge in [-0.05, 0) is 12.1 Å². The number of carbonyl (C=O) groups is 1. The first-order chi connectivity index (χ1) is 6.09. The second-order valence-corrected chi connectivity index (χ2v) is 2.90. The van der Waals surface area contributed by atoms with Gasteiger partial charge in [0.1, 0.15) is 5.82 Å². The van der Waals surface area contributed by atoms with Gasteiger partial charge >= 0.3 is 5.97 Å². The van der Waals surface area contributed by atoms with Gasteiger partial charge in [-0.3, -0.25) is 9.78 Å². The van der Waals surface area contributed by atoms with Crippen LogP contribution in [0.5, 0.6) is 0 Å². The highest BCUT2D eigenvalue weighted by Crippen LogP contribution is 2.16. The molecule has 1 heterocycles. The first-order valence-corrected chi connectivity index (χ1v) is 3.93. The molecule has 0 amide bonds. The van der Waals surface area contributed by atoms with Crippen molar-refractivity contribution in [2.24, 2.45) is 0 Å². The number of carboxylic acids is 1. The fourth-order valence-electron chi connectivity index (χ4n) is 1.05. The Kier molecular flexibility index (Phi) is 2.95. The molecule has 1 aromatic rings. The van der Waals surface area contributed by atoms with Gasteiger partial charge in [0.25, 0.3) is 0 Å². The predicted molar refractivity (Wildman–Crippen MR) is 44.9 cm³/mol. The molecule has 0 aliphatic carbocycles. The van der Waals surface area contributed by atoms with E-state index in [1.807, 2.05) is 0 Å². The molecule has 4 heteroatoms. The van der Waals surface area contributed by atoms with Crippen LogP contribution in [0.2, 0.25) is 0 Å². The van der Waals surface area contributed by atoms with Crippen molar-refractivity contribution in [3.63, 3.8) is 0 Å². The standard InChI is InChI=1S/C9H10FNO2/c1-6(4-9(12)13)8-3-2-7(10)5-11-8/h2-3,5-6H,4H2,1H3,(H,12,13). The van der Waals surface area contributed by atoms with E-state index in [0.717, 1.165) is 6.20 Å². The van der Waals surface area contributed by atoms with E-state index < -0.39 is 11.8 Å². The monoisotopic (exact) mass is 183 g/mol. The minimum atomic E-state index is -0.876. The maximum absolute atomic E-state index is 12.4. The molecule has 13 heavy (non-hydrogen) atoms. The molecule has 1 aromatic heterocycles. The zero-order chi connectivity index (χ0) is 9.84. The van der Waals surface area contributed by atoms with Crippen molar-refractivity contribution < 1.29 is 14.3 Å². The maximum atomic E-state index is 12.4. The Morgan fingerprint density at radius 2 is 2.38 bits per heavy atom. The number of carboxylic acid groups (broad SMARTS) is 1. The Morgan fingerprint density at radius 1 is 1.69 bits per heavy atom. The van der Waals surface area contributed by atoms with Crippen molar-refractivity contribution in [1.29, 1.82) is 0 Å². The molecule has 0 fully saturated rings. The van der Waals surface area contributed by atoms with Crippen LogP contribution in [0.25, 0.3) is 0 Å². The molecule has 0 spiro atoms. The number of halogens is 1. The lowest BCUT2D eigenvalue weighted by Gasteiger charge is -2.06. The van der Waals surface area contributed by atoms with Crippen LogP contribution >= 0.6 is 0 Å². The van der Waals surface area contributed by atoms with Crippen LogP contribution in [-0.2, 0) is 4.79 Å². The summed E-state index contributed by atoms with van der Waals surface area (Å²) in [6.45, 7) is 1.74. The summed E-state index contributed by atoms with van der Waals surface area (Å²) in [5.74, 6) is -1.47. The van der Waals surface area contributed by atoms with E-state index in [9.17, 15) is 9.18 Å². The van der Waals surface area contributed by atoms with E-state index in [2.05, 4.69) is 4.98 Å². The average molecular weight is 183 g/mol. The summed E-state index contributed by atoms with van der Waals surface area (Å²) in [7, 11) is 0. The van der Waals surface area contributed by atoms with Crippen molar-refractivity contribution in [3.05, 3.63) is 29.8 Å². The molecule has 0 aliphatic rings. The third-order valence-corrected chi connectivity index (χ3v) is 1.74. The fourth-order valence-corrected chi connectivity index (χ4v) is 1.05. The normalized spacial score (nSPS) is 12.5. The fraction of sp³-hybridized carbons (Fsp3) is 0.333. The van der Waals surface area contributed by atoms with Crippen molar-refractivity contribution in [1.82, 2.24) is 4.98 Å². The van der Waals surface area contributed by atoms with Crippen LogP contribution in [0.3, 0.4) is 0 Å². The number of rotatable bonds is 3. The second-order valence-electron chi connectivity index (χ2n) is 2.90.